The summed E-state index contributed by atoms with van der Waals surface area (Å²) in [6, 6.07) is 0. The van der Waals surface area contributed by atoms with Crippen molar-refractivity contribution < 1.29 is 24.4 Å². The van der Waals surface area contributed by atoms with E-state index in [1.54, 1.807) is 0 Å². The molecule has 0 radical (unpaired) electrons. The van der Waals surface area contributed by atoms with Crippen LogP contribution in [0.1, 0.15) is 0 Å². The second-order valence-corrected chi connectivity index (χ2v) is 3.09. The summed E-state index contributed by atoms with van der Waals surface area (Å²) in [6.07, 6.45) is -2.62. The predicted molar refractivity (Wildman–Crippen MR) is 44.4 cm³/mol. The molecule has 2 N–H and O–H groups in total. The molecule has 1 aliphatic heterocycles. The molecule has 1 fully saturated rings. The maximum Gasteiger partial charge on any atom is 0.114 e. The van der Waals surface area contributed by atoms with Gasteiger partial charge in [0.25, 0.3) is 0 Å². The van der Waals surface area contributed by atoms with Gasteiger partial charge in [-0.2, -0.15) is 0 Å². The van der Waals surface area contributed by atoms with E-state index in [4.69, 9.17) is 14.2 Å². The van der Waals surface area contributed by atoms with Gasteiger partial charge in [0.15, 0.2) is 0 Å². The molecule has 5 heteroatoms. The summed E-state index contributed by atoms with van der Waals surface area (Å²) in [4.78, 5) is 0. The second-order valence-electron chi connectivity index (χ2n) is 3.09. The molecule has 0 unspecified atom stereocenters. The predicted octanol–water partition coefficient (Wildman–Crippen LogP) is -1.23. The van der Waals surface area contributed by atoms with Gasteiger partial charge in [-0.1, -0.05) is 0 Å². The minimum absolute atomic E-state index is 0.170. The van der Waals surface area contributed by atoms with Crippen LogP contribution >= 0.6 is 0 Å². The van der Waals surface area contributed by atoms with E-state index >= 15 is 0 Å². The summed E-state index contributed by atoms with van der Waals surface area (Å²) in [5.74, 6) is 0. The van der Waals surface area contributed by atoms with Crippen LogP contribution in [0.15, 0.2) is 0 Å². The normalized spacial score (nSPS) is 40.6. The lowest BCUT2D eigenvalue weighted by Gasteiger charge is -2.36. The number of aliphatic hydroxyl groups is 2. The van der Waals surface area contributed by atoms with E-state index in [0.717, 1.165) is 0 Å². The van der Waals surface area contributed by atoms with E-state index in [1.165, 1.54) is 14.2 Å². The Balaban J connectivity index is 2.52. The third-order valence-electron chi connectivity index (χ3n) is 2.18. The van der Waals surface area contributed by atoms with Gasteiger partial charge >= 0.3 is 0 Å². The zero-order valence-corrected chi connectivity index (χ0v) is 7.84. The average Bonchev–Trinajstić information content (AvgIpc) is 2.11. The topological polar surface area (TPSA) is 68.2 Å². The van der Waals surface area contributed by atoms with Crippen molar-refractivity contribution in [3.63, 3.8) is 0 Å². The summed E-state index contributed by atoms with van der Waals surface area (Å²) in [5.41, 5.74) is 0. The second kappa shape index (κ2) is 4.88. The number of rotatable bonds is 3. The first-order valence-corrected chi connectivity index (χ1v) is 4.20. The summed E-state index contributed by atoms with van der Waals surface area (Å²) < 4.78 is 15.0. The van der Waals surface area contributed by atoms with Crippen molar-refractivity contribution in [2.75, 3.05) is 27.4 Å². The summed E-state index contributed by atoms with van der Waals surface area (Å²) in [6.45, 7) is 0.470. The van der Waals surface area contributed by atoms with Gasteiger partial charge < -0.3 is 24.4 Å². The molecule has 1 heterocycles. The van der Waals surface area contributed by atoms with Crippen LogP contribution in [0.4, 0.5) is 0 Å². The SMILES string of the molecule is COC[C@H]1OC[C@H](O)[C@@H](OC)[C@@H]1O. The van der Waals surface area contributed by atoms with Crippen molar-refractivity contribution in [2.24, 2.45) is 0 Å². The Hall–Kier alpha value is -0.200. The first-order valence-electron chi connectivity index (χ1n) is 4.20. The summed E-state index contributed by atoms with van der Waals surface area (Å²) in [7, 11) is 2.98. The monoisotopic (exact) mass is 192 g/mol. The third kappa shape index (κ3) is 2.38. The zero-order chi connectivity index (χ0) is 9.84. The van der Waals surface area contributed by atoms with E-state index in [-0.39, 0.29) is 6.61 Å². The largest absolute Gasteiger partial charge is 0.388 e. The van der Waals surface area contributed by atoms with Crippen LogP contribution in [0.25, 0.3) is 0 Å². The van der Waals surface area contributed by atoms with E-state index in [9.17, 15) is 10.2 Å². The van der Waals surface area contributed by atoms with Gasteiger partial charge in [0.05, 0.1) is 13.2 Å². The lowest BCUT2D eigenvalue weighted by Crippen LogP contribution is -2.55. The molecule has 4 atom stereocenters. The minimum atomic E-state index is -0.839. The molecule has 1 rings (SSSR count). The highest BCUT2D eigenvalue weighted by Crippen LogP contribution is 2.17. The van der Waals surface area contributed by atoms with E-state index in [0.29, 0.717) is 6.61 Å². The Morgan fingerprint density at radius 2 is 2.08 bits per heavy atom. The molecular formula is C8H16O5. The fraction of sp³-hybridized carbons (Fsp3) is 1.00. The fourth-order valence-corrected chi connectivity index (χ4v) is 1.46. The molecule has 13 heavy (non-hydrogen) atoms. The lowest BCUT2D eigenvalue weighted by molar-refractivity contribution is -0.205. The van der Waals surface area contributed by atoms with Crippen molar-refractivity contribution in [2.45, 2.75) is 24.4 Å². The molecule has 0 saturated carbocycles. The fourth-order valence-electron chi connectivity index (χ4n) is 1.46. The van der Waals surface area contributed by atoms with Crippen molar-refractivity contribution in [1.29, 1.82) is 0 Å². The molecular weight excluding hydrogens is 176 g/mol. The van der Waals surface area contributed by atoms with Gasteiger partial charge in [-0.3, -0.25) is 0 Å². The van der Waals surface area contributed by atoms with Crippen molar-refractivity contribution >= 4 is 0 Å². The molecule has 0 spiro atoms. The van der Waals surface area contributed by atoms with E-state index < -0.39 is 24.4 Å². The quantitative estimate of drug-likeness (QED) is 0.586. The Morgan fingerprint density at radius 1 is 1.38 bits per heavy atom. The maximum absolute atomic E-state index is 9.64. The van der Waals surface area contributed by atoms with Crippen molar-refractivity contribution in [1.82, 2.24) is 0 Å². The van der Waals surface area contributed by atoms with Gasteiger partial charge in [-0.05, 0) is 0 Å². The molecule has 0 amide bonds. The molecule has 1 aliphatic rings. The maximum atomic E-state index is 9.64. The standard InChI is InChI=1S/C8H16O5/c1-11-4-6-7(10)8(12-2)5(9)3-13-6/h5-10H,3-4H2,1-2H3/t5-,6+,7+,8+/m0/s1. The highest BCUT2D eigenvalue weighted by molar-refractivity contribution is 4.87. The minimum Gasteiger partial charge on any atom is -0.388 e. The number of methoxy groups -OCH3 is 2. The van der Waals surface area contributed by atoms with Crippen LogP contribution in [0.2, 0.25) is 0 Å². The van der Waals surface area contributed by atoms with Gasteiger partial charge in [0.1, 0.15) is 24.4 Å². The first-order chi connectivity index (χ1) is 6.20. The van der Waals surface area contributed by atoms with Gasteiger partial charge in [0.2, 0.25) is 0 Å². The van der Waals surface area contributed by atoms with Crippen LogP contribution in [0.5, 0.6) is 0 Å². The van der Waals surface area contributed by atoms with E-state index in [1.807, 2.05) is 0 Å². The Kier molecular flexibility index (Phi) is 4.08. The van der Waals surface area contributed by atoms with Crippen LogP contribution in [-0.2, 0) is 14.2 Å². The highest BCUT2D eigenvalue weighted by Gasteiger charge is 2.38. The number of ether oxygens (including phenoxy) is 3. The smallest absolute Gasteiger partial charge is 0.114 e. The van der Waals surface area contributed by atoms with Crippen molar-refractivity contribution in [3.05, 3.63) is 0 Å². The van der Waals surface area contributed by atoms with Crippen LogP contribution in [0.3, 0.4) is 0 Å². The summed E-state index contributed by atoms with van der Waals surface area (Å²) in [5, 5.41) is 19.0. The van der Waals surface area contributed by atoms with E-state index in [2.05, 4.69) is 0 Å². The zero-order valence-electron chi connectivity index (χ0n) is 7.84. The third-order valence-corrected chi connectivity index (χ3v) is 2.18. The average molecular weight is 192 g/mol. The van der Waals surface area contributed by atoms with Gasteiger partial charge in [0, 0.05) is 14.2 Å². The molecule has 0 bridgehead atoms. The first kappa shape index (κ1) is 10.9. The Morgan fingerprint density at radius 3 is 2.62 bits per heavy atom. The summed E-state index contributed by atoms with van der Waals surface area (Å²) >= 11 is 0. The molecule has 0 aromatic carbocycles. The Labute approximate surface area is 77.2 Å². The lowest BCUT2D eigenvalue weighted by atomic mass is 10.0. The molecule has 0 aromatic heterocycles. The molecule has 5 nitrogen and oxygen atoms in total. The van der Waals surface area contributed by atoms with Gasteiger partial charge in [-0.15, -0.1) is 0 Å². The Bertz CT molecular complexity index is 151. The number of aliphatic hydroxyl groups excluding tert-OH is 2. The highest BCUT2D eigenvalue weighted by atomic mass is 16.6. The van der Waals surface area contributed by atoms with Gasteiger partial charge in [-0.25, -0.2) is 0 Å². The molecule has 0 aliphatic carbocycles. The van der Waals surface area contributed by atoms with Crippen LogP contribution in [0, 0.1) is 0 Å². The molecule has 1 saturated heterocycles. The van der Waals surface area contributed by atoms with Crippen LogP contribution in [-0.4, -0.2) is 62.1 Å². The molecule has 78 valence electrons. The number of hydrogen-bond acceptors (Lipinski definition) is 5. The molecule has 0 aromatic rings. The van der Waals surface area contributed by atoms with Crippen molar-refractivity contribution in [3.8, 4) is 0 Å². The number of hydrogen-bond donors (Lipinski definition) is 2. The van der Waals surface area contributed by atoms with Crippen LogP contribution < -0.4 is 0 Å².